The molecule has 4 amide bonds. The monoisotopic (exact) mass is 583 g/mol. The lowest BCUT2D eigenvalue weighted by Gasteiger charge is -2.32. The Balaban J connectivity index is 1.60. The molecule has 40 heavy (non-hydrogen) atoms. The van der Waals surface area contributed by atoms with Crippen molar-refractivity contribution in [2.75, 3.05) is 13.1 Å². The largest absolute Gasteiger partial charge is 0.354 e. The van der Waals surface area contributed by atoms with Gasteiger partial charge in [-0.05, 0) is 42.0 Å². The average molecular weight is 585 g/mol. The van der Waals surface area contributed by atoms with Gasteiger partial charge in [-0.3, -0.25) is 24.1 Å². The van der Waals surface area contributed by atoms with Crippen molar-refractivity contribution in [3.8, 4) is 0 Å². The van der Waals surface area contributed by atoms with Crippen molar-refractivity contribution in [1.29, 1.82) is 0 Å². The Hall–Kier alpha value is -3.16. The molecule has 2 aromatic carbocycles. The number of imide groups is 1. The Bertz CT molecular complexity index is 1250. The Morgan fingerprint density at radius 1 is 1.00 bits per heavy atom. The van der Waals surface area contributed by atoms with Crippen molar-refractivity contribution in [1.82, 2.24) is 15.1 Å². The van der Waals surface area contributed by atoms with Crippen LogP contribution in [0.4, 0.5) is 0 Å². The van der Waals surface area contributed by atoms with Crippen LogP contribution >= 0.6 is 23.2 Å². The molecule has 0 unspecified atom stereocenters. The van der Waals surface area contributed by atoms with Gasteiger partial charge in [0.2, 0.25) is 23.6 Å². The number of halogens is 2. The van der Waals surface area contributed by atoms with E-state index in [1.165, 1.54) is 9.80 Å². The highest BCUT2D eigenvalue weighted by Crippen LogP contribution is 2.35. The molecule has 7 nitrogen and oxygen atoms in total. The Labute approximate surface area is 245 Å². The lowest BCUT2D eigenvalue weighted by molar-refractivity contribution is -0.144. The molecule has 1 aliphatic carbocycles. The summed E-state index contributed by atoms with van der Waals surface area (Å²) < 4.78 is 0. The fourth-order valence-corrected chi connectivity index (χ4v) is 5.72. The third-order valence-electron chi connectivity index (χ3n) is 7.46. The van der Waals surface area contributed by atoms with Crippen molar-refractivity contribution < 1.29 is 19.2 Å². The van der Waals surface area contributed by atoms with Crippen LogP contribution in [0.2, 0.25) is 10.0 Å². The number of rotatable bonds is 11. The van der Waals surface area contributed by atoms with Crippen LogP contribution < -0.4 is 5.32 Å². The van der Waals surface area contributed by atoms with Gasteiger partial charge in [0.05, 0.1) is 11.8 Å². The Morgan fingerprint density at radius 3 is 2.25 bits per heavy atom. The van der Waals surface area contributed by atoms with Gasteiger partial charge in [0.1, 0.15) is 6.04 Å². The van der Waals surface area contributed by atoms with E-state index in [1.54, 1.807) is 18.2 Å². The number of hydrogen-bond donors (Lipinski definition) is 1. The van der Waals surface area contributed by atoms with E-state index in [0.717, 1.165) is 5.56 Å². The number of carbonyl (C=O) groups excluding carboxylic acids is 4. The number of allylic oxidation sites excluding steroid dienone is 2. The van der Waals surface area contributed by atoms with Gasteiger partial charge in [-0.2, -0.15) is 0 Å². The summed E-state index contributed by atoms with van der Waals surface area (Å²) in [6.45, 7) is 4.50. The maximum Gasteiger partial charge on any atom is 0.243 e. The van der Waals surface area contributed by atoms with E-state index in [9.17, 15) is 19.2 Å². The van der Waals surface area contributed by atoms with Crippen molar-refractivity contribution >= 4 is 46.8 Å². The smallest absolute Gasteiger partial charge is 0.243 e. The zero-order valence-corrected chi connectivity index (χ0v) is 24.3. The summed E-state index contributed by atoms with van der Waals surface area (Å²) in [5.41, 5.74) is 1.54. The molecule has 0 saturated carbocycles. The summed E-state index contributed by atoms with van der Waals surface area (Å²) in [5.74, 6) is -1.57. The molecule has 0 bridgehead atoms. The molecule has 0 radical (unpaired) electrons. The second-order valence-electron chi connectivity index (χ2n) is 10.8. The molecule has 9 heteroatoms. The minimum Gasteiger partial charge on any atom is -0.354 e. The van der Waals surface area contributed by atoms with E-state index in [-0.39, 0.29) is 60.9 Å². The third-order valence-corrected chi connectivity index (χ3v) is 8.05. The number of nitrogens with one attached hydrogen (secondary N) is 1. The summed E-state index contributed by atoms with van der Waals surface area (Å²) in [6, 6.07) is 13.7. The highest BCUT2D eigenvalue weighted by molar-refractivity contribution is 6.35. The lowest BCUT2D eigenvalue weighted by Crippen LogP contribution is -2.51. The Morgan fingerprint density at radius 2 is 1.65 bits per heavy atom. The maximum atomic E-state index is 13.9. The number of hydrogen-bond acceptors (Lipinski definition) is 4. The first-order chi connectivity index (χ1) is 19.2. The van der Waals surface area contributed by atoms with E-state index < -0.39 is 6.04 Å². The van der Waals surface area contributed by atoms with Crippen LogP contribution in [-0.4, -0.2) is 52.6 Å². The number of carbonyl (C=O) groups is 4. The summed E-state index contributed by atoms with van der Waals surface area (Å²) >= 11 is 12.6. The lowest BCUT2D eigenvalue weighted by atomic mass is 9.85. The first-order valence-corrected chi connectivity index (χ1v) is 14.5. The Kier molecular flexibility index (Phi) is 10.0. The summed E-state index contributed by atoms with van der Waals surface area (Å²) in [4.78, 5) is 56.2. The van der Waals surface area contributed by atoms with Crippen LogP contribution in [0.3, 0.4) is 0 Å². The fourth-order valence-electron chi connectivity index (χ4n) is 5.25. The van der Waals surface area contributed by atoms with Crippen LogP contribution in [0.15, 0.2) is 60.7 Å². The van der Waals surface area contributed by atoms with Gasteiger partial charge < -0.3 is 10.2 Å². The molecule has 4 rings (SSSR count). The van der Waals surface area contributed by atoms with Gasteiger partial charge >= 0.3 is 0 Å². The predicted octanol–water partition coefficient (Wildman–Crippen LogP) is 5.05. The molecule has 2 aromatic rings. The summed E-state index contributed by atoms with van der Waals surface area (Å²) in [7, 11) is 0. The second-order valence-corrected chi connectivity index (χ2v) is 11.7. The summed E-state index contributed by atoms with van der Waals surface area (Å²) in [6.07, 6.45) is 5.13. The first-order valence-electron chi connectivity index (χ1n) is 13.7. The SMILES string of the molecule is CC(C)CNC(=O)[C@H](Cc1ccccc1)N(Cc1ccc(Cl)cc1Cl)C(=O)CCN1C(=O)[C@H]2CC=CC[C@H]2C1=O. The highest BCUT2D eigenvalue weighted by atomic mass is 35.5. The molecule has 3 atom stereocenters. The van der Waals surface area contributed by atoms with E-state index in [2.05, 4.69) is 5.32 Å². The van der Waals surface area contributed by atoms with Crippen molar-refractivity contribution in [2.45, 2.75) is 52.1 Å². The standard InChI is InChI=1S/C31H35Cl2N3O4/c1-20(2)18-34-29(38)27(16-21-8-4-3-5-9-21)36(19-22-12-13-23(32)17-26(22)33)28(37)14-15-35-30(39)24-10-6-7-11-25(24)31(35)40/h3-9,12-13,17,20,24-25,27H,10-11,14-16,18-19H2,1-2H3,(H,34,38)/t24-,25+,27-/m0/s1. The van der Waals surface area contributed by atoms with Crippen LogP contribution in [0.25, 0.3) is 0 Å². The molecule has 1 fully saturated rings. The van der Waals surface area contributed by atoms with E-state index >= 15 is 0 Å². The number of fused-ring (bicyclic) bond motifs is 1. The molecule has 1 saturated heterocycles. The van der Waals surface area contributed by atoms with Gasteiger partial charge in [-0.25, -0.2) is 0 Å². The molecular weight excluding hydrogens is 549 g/mol. The van der Waals surface area contributed by atoms with Gasteiger partial charge in [0, 0.05) is 42.5 Å². The quantitative estimate of drug-likeness (QED) is 0.296. The highest BCUT2D eigenvalue weighted by Gasteiger charge is 2.47. The zero-order valence-electron chi connectivity index (χ0n) is 22.8. The van der Waals surface area contributed by atoms with Crippen molar-refractivity contribution in [2.24, 2.45) is 17.8 Å². The summed E-state index contributed by atoms with van der Waals surface area (Å²) in [5, 5.41) is 3.82. The number of benzene rings is 2. The van der Waals surface area contributed by atoms with Crippen molar-refractivity contribution in [3.05, 3.63) is 81.9 Å². The van der Waals surface area contributed by atoms with Gasteiger partial charge in [0.15, 0.2) is 0 Å². The third kappa shape index (κ3) is 7.12. The van der Waals surface area contributed by atoms with Crippen LogP contribution in [0.5, 0.6) is 0 Å². The van der Waals surface area contributed by atoms with Gasteiger partial charge in [0.25, 0.3) is 0 Å². The van der Waals surface area contributed by atoms with E-state index in [0.29, 0.717) is 41.4 Å². The molecule has 1 aliphatic heterocycles. The number of likely N-dealkylation sites (tertiary alicyclic amines) is 1. The topological polar surface area (TPSA) is 86.8 Å². The van der Waals surface area contributed by atoms with Crippen molar-refractivity contribution in [3.63, 3.8) is 0 Å². The first kappa shape index (κ1) is 29.8. The molecule has 0 aromatic heterocycles. The minimum absolute atomic E-state index is 0.0278. The number of nitrogens with zero attached hydrogens (tertiary/aromatic N) is 2. The molecule has 0 spiro atoms. The van der Waals surface area contributed by atoms with Crippen LogP contribution in [0.1, 0.15) is 44.2 Å². The predicted molar refractivity (Wildman–Crippen MR) is 155 cm³/mol. The van der Waals surface area contributed by atoms with Gasteiger partial charge in [-0.1, -0.05) is 85.6 Å². The second kappa shape index (κ2) is 13.5. The zero-order chi connectivity index (χ0) is 28.8. The van der Waals surface area contributed by atoms with Crippen LogP contribution in [0, 0.1) is 17.8 Å². The van der Waals surface area contributed by atoms with Crippen LogP contribution in [-0.2, 0) is 32.1 Å². The molecule has 212 valence electrons. The van der Waals surface area contributed by atoms with E-state index in [1.807, 2.05) is 56.3 Å². The average Bonchev–Trinajstić information content (AvgIpc) is 3.18. The normalized spacial score (nSPS) is 19.1. The maximum absolute atomic E-state index is 13.9. The molecule has 1 N–H and O–H groups in total. The van der Waals surface area contributed by atoms with Gasteiger partial charge in [-0.15, -0.1) is 0 Å². The minimum atomic E-state index is -0.836. The molecule has 1 heterocycles. The number of amides is 4. The van der Waals surface area contributed by atoms with E-state index in [4.69, 9.17) is 23.2 Å². The molecular formula is C31H35Cl2N3O4. The fraction of sp³-hybridized carbons (Fsp3) is 0.419. The molecule has 2 aliphatic rings.